The second-order valence-electron chi connectivity index (χ2n) is 4.00. The van der Waals surface area contributed by atoms with Crippen molar-refractivity contribution in [3.63, 3.8) is 0 Å². The van der Waals surface area contributed by atoms with Gasteiger partial charge in [-0.2, -0.15) is 0 Å². The number of nitrogens with two attached hydrogens (primary N) is 1. The van der Waals surface area contributed by atoms with E-state index in [9.17, 15) is 9.59 Å². The molecule has 0 aliphatic heterocycles. The number of aliphatic carboxylic acids is 1. The molecule has 0 spiro atoms. The molecular weight excluding hydrogens is 242 g/mol. The summed E-state index contributed by atoms with van der Waals surface area (Å²) in [5, 5.41) is 11.7. The zero-order valence-corrected chi connectivity index (χ0v) is 10.7. The fourth-order valence-electron chi connectivity index (χ4n) is 1.35. The number of rotatable bonds is 4. The molecular formula is C10H15N3O3S. The summed E-state index contributed by atoms with van der Waals surface area (Å²) in [5.41, 5.74) is 5.99. The molecule has 0 aliphatic carbocycles. The Morgan fingerprint density at radius 3 is 2.41 bits per heavy atom. The topological polar surface area (TPSA) is 105 Å². The Bertz CT molecular complexity index is 442. The summed E-state index contributed by atoms with van der Waals surface area (Å²) in [6, 6.07) is -0.912. The van der Waals surface area contributed by atoms with Gasteiger partial charge in [-0.3, -0.25) is 4.79 Å². The van der Waals surface area contributed by atoms with Crippen LogP contribution in [-0.2, 0) is 4.79 Å². The van der Waals surface area contributed by atoms with Gasteiger partial charge >= 0.3 is 5.97 Å². The van der Waals surface area contributed by atoms with E-state index in [1.54, 1.807) is 20.8 Å². The van der Waals surface area contributed by atoms with E-state index >= 15 is 0 Å². The molecule has 1 amide bonds. The number of aryl methyl sites for hydroxylation is 1. The van der Waals surface area contributed by atoms with E-state index in [1.165, 1.54) is 0 Å². The van der Waals surface area contributed by atoms with Gasteiger partial charge in [0.1, 0.15) is 10.9 Å². The standard InChI is InChI=1S/C10H15N3O3S/c1-4(2)6(9(15)16)13-8(14)7-5(3)12-10(11)17-7/h4,6H,1-3H3,(H2,11,12)(H,13,14)(H,15,16). The number of hydrogen-bond acceptors (Lipinski definition) is 5. The van der Waals surface area contributed by atoms with E-state index in [-0.39, 0.29) is 5.92 Å². The van der Waals surface area contributed by atoms with Gasteiger partial charge in [0.25, 0.3) is 5.91 Å². The highest BCUT2D eigenvalue weighted by Gasteiger charge is 2.25. The van der Waals surface area contributed by atoms with Crippen LogP contribution in [0.4, 0.5) is 5.13 Å². The van der Waals surface area contributed by atoms with Gasteiger partial charge in [0, 0.05) is 0 Å². The summed E-state index contributed by atoms with van der Waals surface area (Å²) in [7, 11) is 0. The Morgan fingerprint density at radius 2 is 2.06 bits per heavy atom. The molecule has 0 aliphatic rings. The maximum atomic E-state index is 11.8. The van der Waals surface area contributed by atoms with Crippen molar-refractivity contribution in [2.75, 3.05) is 5.73 Å². The molecule has 0 fully saturated rings. The van der Waals surface area contributed by atoms with Crippen LogP contribution in [0.15, 0.2) is 0 Å². The number of thiazole rings is 1. The molecule has 0 bridgehead atoms. The predicted octanol–water partition coefficient (Wildman–Crippen LogP) is 0.873. The minimum atomic E-state index is -1.05. The van der Waals surface area contributed by atoms with E-state index in [0.717, 1.165) is 11.3 Å². The number of carboxylic acid groups (broad SMARTS) is 1. The molecule has 7 heteroatoms. The molecule has 17 heavy (non-hydrogen) atoms. The molecule has 0 saturated heterocycles. The monoisotopic (exact) mass is 257 g/mol. The molecule has 1 rings (SSSR count). The number of nitrogens with zero attached hydrogens (tertiary/aromatic N) is 1. The van der Waals surface area contributed by atoms with Crippen LogP contribution in [0.5, 0.6) is 0 Å². The lowest BCUT2D eigenvalue weighted by Crippen LogP contribution is -2.44. The van der Waals surface area contributed by atoms with Gasteiger partial charge < -0.3 is 16.2 Å². The first kappa shape index (κ1) is 13.4. The van der Waals surface area contributed by atoms with Crippen LogP contribution in [0.3, 0.4) is 0 Å². The summed E-state index contributed by atoms with van der Waals surface area (Å²) in [5.74, 6) is -1.69. The van der Waals surface area contributed by atoms with Crippen molar-refractivity contribution in [2.24, 2.45) is 5.92 Å². The van der Waals surface area contributed by atoms with Gasteiger partial charge in [-0.1, -0.05) is 25.2 Å². The minimum absolute atomic E-state index is 0.193. The van der Waals surface area contributed by atoms with Crippen LogP contribution in [0.1, 0.15) is 29.2 Å². The molecule has 0 aromatic carbocycles. The van der Waals surface area contributed by atoms with E-state index < -0.39 is 17.9 Å². The molecule has 94 valence electrons. The Kier molecular flexibility index (Phi) is 4.06. The maximum absolute atomic E-state index is 11.8. The Morgan fingerprint density at radius 1 is 1.47 bits per heavy atom. The first-order chi connectivity index (χ1) is 7.82. The van der Waals surface area contributed by atoms with E-state index in [0.29, 0.717) is 15.7 Å². The van der Waals surface area contributed by atoms with Crippen molar-refractivity contribution in [1.29, 1.82) is 0 Å². The van der Waals surface area contributed by atoms with E-state index in [2.05, 4.69) is 10.3 Å². The summed E-state index contributed by atoms with van der Waals surface area (Å²) in [4.78, 5) is 27.1. The van der Waals surface area contributed by atoms with Crippen LogP contribution < -0.4 is 11.1 Å². The molecule has 0 radical (unpaired) electrons. The Balaban J connectivity index is 2.85. The number of carboxylic acids is 1. The van der Waals surface area contributed by atoms with Gasteiger partial charge in [-0.25, -0.2) is 9.78 Å². The molecule has 1 aromatic heterocycles. The van der Waals surface area contributed by atoms with Crippen LogP contribution in [-0.4, -0.2) is 28.0 Å². The number of amides is 1. The number of nitrogens with one attached hydrogen (secondary N) is 1. The van der Waals surface area contributed by atoms with Crippen molar-refractivity contribution in [3.05, 3.63) is 10.6 Å². The van der Waals surface area contributed by atoms with E-state index in [1.807, 2.05) is 0 Å². The third-order valence-corrected chi connectivity index (χ3v) is 3.22. The first-order valence-corrected chi connectivity index (χ1v) is 5.91. The normalized spacial score (nSPS) is 12.5. The smallest absolute Gasteiger partial charge is 0.326 e. The fraction of sp³-hybridized carbons (Fsp3) is 0.500. The summed E-state index contributed by atoms with van der Waals surface area (Å²) in [6.07, 6.45) is 0. The number of nitrogen functional groups attached to an aromatic ring is 1. The highest BCUT2D eigenvalue weighted by atomic mass is 32.1. The van der Waals surface area contributed by atoms with Gasteiger partial charge in [0.2, 0.25) is 0 Å². The third kappa shape index (κ3) is 3.16. The van der Waals surface area contributed by atoms with Crippen LogP contribution in [0, 0.1) is 12.8 Å². The second-order valence-corrected chi connectivity index (χ2v) is 5.03. The average Bonchev–Trinajstić information content (AvgIpc) is 2.53. The number of anilines is 1. The molecule has 1 unspecified atom stereocenters. The Hall–Kier alpha value is -1.63. The SMILES string of the molecule is Cc1nc(N)sc1C(=O)NC(C(=O)O)C(C)C. The van der Waals surface area contributed by atoms with Crippen LogP contribution in [0.25, 0.3) is 0 Å². The van der Waals surface area contributed by atoms with Crippen molar-refractivity contribution >= 4 is 28.3 Å². The zero-order valence-electron chi connectivity index (χ0n) is 9.85. The summed E-state index contributed by atoms with van der Waals surface area (Å²) >= 11 is 1.05. The highest BCUT2D eigenvalue weighted by Crippen LogP contribution is 2.19. The van der Waals surface area contributed by atoms with Gasteiger partial charge in [-0.15, -0.1) is 0 Å². The molecule has 1 aromatic rings. The van der Waals surface area contributed by atoms with Crippen molar-refractivity contribution < 1.29 is 14.7 Å². The molecule has 1 heterocycles. The molecule has 1 atom stereocenters. The van der Waals surface area contributed by atoms with Crippen molar-refractivity contribution in [3.8, 4) is 0 Å². The summed E-state index contributed by atoms with van der Waals surface area (Å²) < 4.78 is 0. The van der Waals surface area contributed by atoms with E-state index in [4.69, 9.17) is 10.8 Å². The van der Waals surface area contributed by atoms with Crippen molar-refractivity contribution in [1.82, 2.24) is 10.3 Å². The quantitative estimate of drug-likeness (QED) is 0.742. The van der Waals surface area contributed by atoms with Gasteiger partial charge in [-0.05, 0) is 12.8 Å². The van der Waals surface area contributed by atoms with Gasteiger partial charge in [0.15, 0.2) is 5.13 Å². The number of aromatic nitrogens is 1. The highest BCUT2D eigenvalue weighted by molar-refractivity contribution is 7.17. The largest absolute Gasteiger partial charge is 0.480 e. The maximum Gasteiger partial charge on any atom is 0.326 e. The average molecular weight is 257 g/mol. The lowest BCUT2D eigenvalue weighted by atomic mass is 10.0. The van der Waals surface area contributed by atoms with Crippen LogP contribution in [0.2, 0.25) is 0 Å². The first-order valence-electron chi connectivity index (χ1n) is 5.09. The summed E-state index contributed by atoms with van der Waals surface area (Å²) in [6.45, 7) is 5.12. The second kappa shape index (κ2) is 5.13. The number of carbonyl (C=O) groups is 2. The zero-order chi connectivity index (χ0) is 13.2. The lowest BCUT2D eigenvalue weighted by molar-refractivity contribution is -0.140. The predicted molar refractivity (Wildman–Crippen MR) is 65.0 cm³/mol. The number of carbonyl (C=O) groups excluding carboxylic acids is 1. The van der Waals surface area contributed by atoms with Crippen molar-refractivity contribution in [2.45, 2.75) is 26.8 Å². The lowest BCUT2D eigenvalue weighted by Gasteiger charge is -2.17. The molecule has 4 N–H and O–H groups in total. The molecule has 6 nitrogen and oxygen atoms in total. The van der Waals surface area contributed by atoms with Crippen LogP contribution >= 0.6 is 11.3 Å². The van der Waals surface area contributed by atoms with Gasteiger partial charge in [0.05, 0.1) is 5.69 Å². The molecule has 0 saturated carbocycles. The number of hydrogen-bond donors (Lipinski definition) is 3. The third-order valence-electron chi connectivity index (χ3n) is 2.24. The fourth-order valence-corrected chi connectivity index (χ4v) is 2.08. The minimum Gasteiger partial charge on any atom is -0.480 e. The Labute approximate surface area is 103 Å².